The number of halogens is 3. The van der Waals surface area contributed by atoms with Crippen molar-refractivity contribution in [2.75, 3.05) is 18.4 Å². The molecule has 2 aromatic carbocycles. The fraction of sp³-hybridized carbons (Fsp3) is 0.364. The Bertz CT molecular complexity index is 1130. The smallest absolute Gasteiger partial charge is 0.338 e. The summed E-state index contributed by atoms with van der Waals surface area (Å²) in [6.07, 6.45) is 2.30. The number of esters is 1. The number of benzene rings is 2. The van der Waals surface area contributed by atoms with Gasteiger partial charge in [0.2, 0.25) is 10.0 Å². The second-order valence-electron chi connectivity index (χ2n) is 7.66. The fourth-order valence-corrected chi connectivity index (χ4v) is 5.94. The minimum absolute atomic E-state index is 0.0134. The van der Waals surface area contributed by atoms with Gasteiger partial charge in [0, 0.05) is 28.8 Å². The first-order valence-corrected chi connectivity index (χ1v) is 12.9. The van der Waals surface area contributed by atoms with Gasteiger partial charge in [0.15, 0.2) is 6.10 Å². The molecule has 1 aliphatic rings. The lowest BCUT2D eigenvalue weighted by Gasteiger charge is -2.21. The Morgan fingerprint density at radius 2 is 1.58 bits per heavy atom. The van der Waals surface area contributed by atoms with Crippen molar-refractivity contribution in [1.29, 1.82) is 0 Å². The third-order valence-corrected chi connectivity index (χ3v) is 7.95. The molecule has 1 fully saturated rings. The third-order valence-electron chi connectivity index (χ3n) is 5.13. The van der Waals surface area contributed by atoms with E-state index in [1.807, 2.05) is 0 Å². The molecule has 1 N–H and O–H groups in total. The van der Waals surface area contributed by atoms with Gasteiger partial charge in [-0.1, -0.05) is 47.6 Å². The van der Waals surface area contributed by atoms with E-state index >= 15 is 0 Å². The van der Waals surface area contributed by atoms with Gasteiger partial charge in [-0.3, -0.25) is 4.79 Å². The van der Waals surface area contributed by atoms with E-state index in [9.17, 15) is 18.0 Å². The zero-order valence-corrected chi connectivity index (χ0v) is 20.9. The van der Waals surface area contributed by atoms with Crippen LogP contribution in [0.1, 0.15) is 43.0 Å². The summed E-state index contributed by atoms with van der Waals surface area (Å²) in [5.41, 5.74) is 0.316. The van der Waals surface area contributed by atoms with Gasteiger partial charge >= 0.3 is 5.97 Å². The van der Waals surface area contributed by atoms with E-state index in [-0.39, 0.29) is 15.5 Å². The van der Waals surface area contributed by atoms with Crippen LogP contribution in [0, 0.1) is 0 Å². The number of sulfonamides is 1. The van der Waals surface area contributed by atoms with Gasteiger partial charge in [0.25, 0.3) is 5.91 Å². The maximum Gasteiger partial charge on any atom is 0.338 e. The Morgan fingerprint density at radius 3 is 2.18 bits per heavy atom. The van der Waals surface area contributed by atoms with Crippen molar-refractivity contribution in [3.05, 3.63) is 57.0 Å². The largest absolute Gasteiger partial charge is 0.449 e. The van der Waals surface area contributed by atoms with Crippen LogP contribution in [0.4, 0.5) is 5.69 Å². The lowest BCUT2D eigenvalue weighted by Crippen LogP contribution is -2.32. The number of nitrogens with zero attached hydrogens (tertiary/aromatic N) is 1. The molecule has 2 aromatic rings. The zero-order chi connectivity index (χ0) is 24.2. The van der Waals surface area contributed by atoms with Crippen molar-refractivity contribution in [2.45, 2.75) is 43.6 Å². The summed E-state index contributed by atoms with van der Waals surface area (Å²) in [6, 6.07) is 8.39. The number of amides is 1. The molecule has 178 valence electrons. The summed E-state index contributed by atoms with van der Waals surface area (Å²) in [4.78, 5) is 24.9. The van der Waals surface area contributed by atoms with Crippen molar-refractivity contribution < 1.29 is 22.7 Å². The molecule has 0 spiro atoms. The van der Waals surface area contributed by atoms with Crippen LogP contribution in [0.15, 0.2) is 41.3 Å². The molecule has 11 heteroatoms. The minimum Gasteiger partial charge on any atom is -0.449 e. The molecule has 0 bridgehead atoms. The molecule has 0 saturated carbocycles. The summed E-state index contributed by atoms with van der Waals surface area (Å²) in [5, 5.41) is 3.25. The normalized spacial score (nSPS) is 16.0. The average Bonchev–Trinajstić information content (AvgIpc) is 3.03. The highest BCUT2D eigenvalue weighted by atomic mass is 35.5. The Labute approximate surface area is 208 Å². The van der Waals surface area contributed by atoms with Crippen LogP contribution < -0.4 is 5.32 Å². The van der Waals surface area contributed by atoms with Crippen molar-refractivity contribution in [2.24, 2.45) is 0 Å². The number of hydrogen-bond donors (Lipinski definition) is 1. The Morgan fingerprint density at radius 1 is 0.970 bits per heavy atom. The maximum atomic E-state index is 13.1. The van der Waals surface area contributed by atoms with Crippen LogP contribution in [-0.4, -0.2) is 43.8 Å². The monoisotopic (exact) mass is 532 g/mol. The number of carbonyl (C=O) groups excluding carboxylic acids is 2. The molecule has 1 saturated heterocycles. The van der Waals surface area contributed by atoms with Gasteiger partial charge in [0.05, 0.1) is 10.6 Å². The second kappa shape index (κ2) is 11.1. The van der Waals surface area contributed by atoms with Gasteiger partial charge in [-0.05, 0) is 56.2 Å². The Kier molecular flexibility index (Phi) is 8.64. The van der Waals surface area contributed by atoms with Crippen LogP contribution in [-0.2, 0) is 19.6 Å². The minimum atomic E-state index is -3.88. The molecule has 1 atom stereocenters. The van der Waals surface area contributed by atoms with Crippen LogP contribution in [0.25, 0.3) is 0 Å². The first kappa shape index (κ1) is 25.8. The van der Waals surface area contributed by atoms with E-state index in [1.54, 1.807) is 0 Å². The van der Waals surface area contributed by atoms with Gasteiger partial charge in [-0.2, -0.15) is 4.31 Å². The van der Waals surface area contributed by atoms with Crippen molar-refractivity contribution in [3.63, 3.8) is 0 Å². The first-order chi connectivity index (χ1) is 15.6. The zero-order valence-electron chi connectivity index (χ0n) is 17.8. The number of rotatable bonds is 6. The topological polar surface area (TPSA) is 92.8 Å². The summed E-state index contributed by atoms with van der Waals surface area (Å²) in [5.74, 6) is -1.46. The van der Waals surface area contributed by atoms with Crippen molar-refractivity contribution in [3.8, 4) is 0 Å². The van der Waals surface area contributed by atoms with Gasteiger partial charge in [-0.15, -0.1) is 0 Å². The van der Waals surface area contributed by atoms with Gasteiger partial charge < -0.3 is 10.1 Å². The Balaban J connectivity index is 1.74. The molecule has 33 heavy (non-hydrogen) atoms. The van der Waals surface area contributed by atoms with Crippen LogP contribution in [0.2, 0.25) is 15.1 Å². The molecule has 3 rings (SSSR count). The molecule has 0 aromatic heterocycles. The third kappa shape index (κ3) is 6.61. The van der Waals surface area contributed by atoms with E-state index in [2.05, 4.69) is 5.32 Å². The summed E-state index contributed by atoms with van der Waals surface area (Å²) in [6.45, 7) is 2.19. The predicted octanol–water partition coefficient (Wildman–Crippen LogP) is 5.40. The number of nitrogens with one attached hydrogen (secondary N) is 1. The van der Waals surface area contributed by atoms with Crippen molar-refractivity contribution in [1.82, 2.24) is 4.31 Å². The Hall–Kier alpha value is -1.84. The molecule has 0 radical (unpaired) electrons. The van der Waals surface area contributed by atoms with Crippen LogP contribution >= 0.6 is 34.8 Å². The van der Waals surface area contributed by atoms with Crippen molar-refractivity contribution >= 4 is 62.4 Å². The van der Waals surface area contributed by atoms with E-state index in [4.69, 9.17) is 39.5 Å². The standard InChI is InChI=1S/C22H23Cl3N2O5S/c1-14(21(28)26-18-12-16(23)11-17(24)13-18)32-22(29)15-6-7-19(25)20(10-15)33(30,31)27-8-4-2-3-5-9-27/h6-7,10-14H,2-5,8-9H2,1H3,(H,26,28)/t14-/m1/s1. The van der Waals surface area contributed by atoms with Crippen LogP contribution in [0.3, 0.4) is 0 Å². The second-order valence-corrected chi connectivity index (χ2v) is 10.8. The highest BCUT2D eigenvalue weighted by Gasteiger charge is 2.29. The molecule has 1 amide bonds. The van der Waals surface area contributed by atoms with Gasteiger partial charge in [-0.25, -0.2) is 13.2 Å². The van der Waals surface area contributed by atoms with E-state index in [0.717, 1.165) is 25.7 Å². The number of hydrogen-bond acceptors (Lipinski definition) is 5. The van der Waals surface area contributed by atoms with E-state index in [0.29, 0.717) is 28.8 Å². The highest BCUT2D eigenvalue weighted by molar-refractivity contribution is 7.89. The first-order valence-electron chi connectivity index (χ1n) is 10.4. The molecule has 1 heterocycles. The predicted molar refractivity (Wildman–Crippen MR) is 129 cm³/mol. The number of carbonyl (C=O) groups is 2. The quantitative estimate of drug-likeness (QED) is 0.502. The fourth-order valence-electron chi connectivity index (χ4n) is 3.40. The summed E-state index contributed by atoms with van der Waals surface area (Å²) < 4.78 is 32.9. The maximum absolute atomic E-state index is 13.1. The SMILES string of the molecule is C[C@@H](OC(=O)c1ccc(Cl)c(S(=O)(=O)N2CCCCCC2)c1)C(=O)Nc1cc(Cl)cc(Cl)c1. The molecule has 1 aliphatic heterocycles. The lowest BCUT2D eigenvalue weighted by atomic mass is 10.2. The summed E-state index contributed by atoms with van der Waals surface area (Å²) in [7, 11) is -3.88. The summed E-state index contributed by atoms with van der Waals surface area (Å²) >= 11 is 18.0. The molecule has 7 nitrogen and oxygen atoms in total. The molecular formula is C22H23Cl3N2O5S. The molecule has 0 aliphatic carbocycles. The molecular weight excluding hydrogens is 511 g/mol. The molecule has 0 unspecified atom stereocenters. The highest BCUT2D eigenvalue weighted by Crippen LogP contribution is 2.28. The lowest BCUT2D eigenvalue weighted by molar-refractivity contribution is -0.123. The van der Waals surface area contributed by atoms with E-state index < -0.39 is 28.0 Å². The average molecular weight is 534 g/mol. The van der Waals surface area contributed by atoms with Gasteiger partial charge in [0.1, 0.15) is 4.90 Å². The van der Waals surface area contributed by atoms with E-state index in [1.165, 1.54) is 47.6 Å². The number of anilines is 1. The van der Waals surface area contributed by atoms with Crippen LogP contribution in [0.5, 0.6) is 0 Å². The number of ether oxygens (including phenoxy) is 1.